The van der Waals surface area contributed by atoms with E-state index in [1.807, 2.05) is 120 Å². The fourth-order valence-corrected chi connectivity index (χ4v) is 5.34. The second-order valence-electron chi connectivity index (χ2n) is 10.6. The second kappa shape index (κ2) is 23.0. The number of hydrogen-bond acceptors (Lipinski definition) is 11. The molecule has 2 aromatic carbocycles. The Hall–Kier alpha value is -2.16. The average Bonchev–Trinajstić information content (AvgIpc) is 3.77. The van der Waals surface area contributed by atoms with E-state index >= 15 is 0 Å². The number of anilines is 2. The quantitative estimate of drug-likeness (QED) is 0.0698. The van der Waals surface area contributed by atoms with Gasteiger partial charge in [0.2, 0.25) is 11.9 Å². The molecule has 16 heteroatoms. The van der Waals surface area contributed by atoms with Gasteiger partial charge in [-0.15, -0.1) is 0 Å². The fraction of sp³-hybridized carbons (Fsp3) is 0.0541. The Kier molecular flexibility index (Phi) is 19.7. The number of fused-ring (bicyclic) bond motifs is 2. The van der Waals surface area contributed by atoms with Gasteiger partial charge in [0, 0.05) is 64.9 Å². The molecule has 0 fully saturated rings. The van der Waals surface area contributed by atoms with Crippen LogP contribution in [0, 0.1) is 0 Å². The molecule has 53 heavy (non-hydrogen) atoms. The Morgan fingerprint density at radius 2 is 1.21 bits per heavy atom. The summed E-state index contributed by atoms with van der Waals surface area (Å²) in [7, 11) is 2.00. The van der Waals surface area contributed by atoms with Gasteiger partial charge in [0.25, 0.3) is 6.47 Å². The number of alkyl halides is 1. The molecule has 0 saturated heterocycles. The van der Waals surface area contributed by atoms with Crippen molar-refractivity contribution >= 4 is 62.8 Å². The second-order valence-corrected chi connectivity index (χ2v) is 10.6. The van der Waals surface area contributed by atoms with Crippen molar-refractivity contribution in [2.75, 3.05) is 16.4 Å². The molecule has 0 spiro atoms. The normalized spacial score (nSPS) is 9.81. The maximum Gasteiger partial charge on any atom is 1.00 e. The summed E-state index contributed by atoms with van der Waals surface area (Å²) in [5.74, 6) is 0.534. The zero-order valence-corrected chi connectivity index (χ0v) is 44.2. The van der Waals surface area contributed by atoms with Crippen molar-refractivity contribution in [2.24, 2.45) is 7.05 Å². The number of halogens is 1. The minimum atomic E-state index is -0.181. The van der Waals surface area contributed by atoms with Gasteiger partial charge < -0.3 is 32.6 Å². The number of rotatable bonds is 5. The summed E-state index contributed by atoms with van der Waals surface area (Å²) in [5.41, 5.74) is 21.2. The average molecular weight is 1060 g/mol. The summed E-state index contributed by atoms with van der Waals surface area (Å²) in [4.78, 5) is 42.2. The van der Waals surface area contributed by atoms with Gasteiger partial charge in [-0.05, 0) is 29.2 Å². The van der Waals surface area contributed by atoms with Crippen LogP contribution in [0.25, 0.3) is 66.8 Å². The Morgan fingerprint density at radius 1 is 0.736 bits per heavy atom. The third kappa shape index (κ3) is 11.9. The first-order valence-electron chi connectivity index (χ1n) is 15.3. The van der Waals surface area contributed by atoms with Crippen LogP contribution in [-0.2, 0) is 16.7 Å². The topological polar surface area (TPSA) is 199 Å². The summed E-state index contributed by atoms with van der Waals surface area (Å²) in [6.45, 7) is -0.181. The molecule has 6 heterocycles. The SMILES string of the molecule is CI.Cn1cc(-c2cc(-c3ccccc3)nc(N)n2)c2ccncc21.Nc1nc(-c2ccccc2)cc(-c2c[nH]c3cnccc23)n1.O=CO[O-].[Cs+].[Cs+].[H-]. The number of benzene rings is 2. The third-order valence-corrected chi connectivity index (χ3v) is 7.49. The monoisotopic (exact) mass is 1060 g/mol. The van der Waals surface area contributed by atoms with E-state index in [4.69, 9.17) is 21.5 Å². The number of carbonyl (C=O) groups is 1. The number of carbonyl (C=O) groups excluding carboxylic acids is 1. The number of pyridine rings is 2. The van der Waals surface area contributed by atoms with E-state index in [0.29, 0.717) is 0 Å². The van der Waals surface area contributed by atoms with Crippen LogP contribution in [-0.4, -0.2) is 50.9 Å². The molecular formula is C37H33Cs2IN10O3. The van der Waals surface area contributed by atoms with Gasteiger partial charge in [-0.25, -0.2) is 19.9 Å². The van der Waals surface area contributed by atoms with Crippen LogP contribution in [0.15, 0.2) is 122 Å². The number of nitrogens with zero attached hydrogens (tertiary/aromatic N) is 7. The molecule has 0 aliphatic rings. The zero-order valence-electron chi connectivity index (χ0n) is 30.5. The first kappa shape index (κ1) is 45.2. The van der Waals surface area contributed by atoms with Crippen molar-refractivity contribution in [1.82, 2.24) is 39.5 Å². The Bertz CT molecular complexity index is 2370. The van der Waals surface area contributed by atoms with Crippen molar-refractivity contribution < 1.29 is 154 Å². The number of nitrogens with one attached hydrogen (secondary N) is 1. The number of hydrogen-bond donors (Lipinski definition) is 3. The molecule has 8 rings (SSSR count). The first-order valence-corrected chi connectivity index (χ1v) is 17.4. The summed E-state index contributed by atoms with van der Waals surface area (Å²) in [6.07, 6.45) is 11.2. The minimum absolute atomic E-state index is 0. The fourth-order valence-electron chi connectivity index (χ4n) is 5.34. The van der Waals surface area contributed by atoms with Gasteiger partial charge in [-0.2, -0.15) is 0 Å². The smallest absolute Gasteiger partial charge is 1.00 e. The van der Waals surface area contributed by atoms with E-state index in [0.717, 1.165) is 66.8 Å². The van der Waals surface area contributed by atoms with Gasteiger partial charge in [-0.3, -0.25) is 14.8 Å². The Morgan fingerprint density at radius 3 is 1.74 bits per heavy atom. The van der Waals surface area contributed by atoms with Crippen molar-refractivity contribution in [3.63, 3.8) is 0 Å². The molecule has 258 valence electrons. The molecule has 13 nitrogen and oxygen atoms in total. The molecule has 0 bridgehead atoms. The summed E-state index contributed by atoms with van der Waals surface area (Å²) >= 11 is 2.15. The van der Waals surface area contributed by atoms with E-state index in [9.17, 15) is 0 Å². The van der Waals surface area contributed by atoms with Gasteiger partial charge >= 0.3 is 138 Å². The minimum Gasteiger partial charge on any atom is -1.00 e. The third-order valence-electron chi connectivity index (χ3n) is 7.49. The molecule has 8 aromatic rings. The first-order chi connectivity index (χ1) is 24.9. The molecule has 0 aliphatic carbocycles. The van der Waals surface area contributed by atoms with Crippen molar-refractivity contribution in [3.05, 3.63) is 122 Å². The number of nitrogen functional groups attached to an aromatic ring is 2. The summed E-state index contributed by atoms with van der Waals surface area (Å²) in [6, 6.07) is 27.8. The molecule has 5 N–H and O–H groups in total. The number of aromatic nitrogens is 8. The number of H-pyrrole nitrogens is 1. The van der Waals surface area contributed by atoms with Crippen LogP contribution < -0.4 is 155 Å². The Balaban J connectivity index is 0.000000312. The van der Waals surface area contributed by atoms with Crippen molar-refractivity contribution in [2.45, 2.75) is 0 Å². The van der Waals surface area contributed by atoms with Gasteiger partial charge in [0.1, 0.15) is 0 Å². The number of aryl methyl sites for hydroxylation is 1. The zero-order chi connectivity index (χ0) is 36.2. The van der Waals surface area contributed by atoms with Crippen LogP contribution in [0.1, 0.15) is 1.43 Å². The van der Waals surface area contributed by atoms with E-state index in [1.165, 1.54) is 0 Å². The van der Waals surface area contributed by atoms with Crippen molar-refractivity contribution in [1.29, 1.82) is 0 Å². The molecular weight excluding hydrogens is 1030 g/mol. The molecule has 0 saturated carbocycles. The molecule has 0 amide bonds. The van der Waals surface area contributed by atoms with Crippen LogP contribution >= 0.6 is 22.6 Å². The summed E-state index contributed by atoms with van der Waals surface area (Å²) in [5, 5.41) is 10.6. The standard InChI is InChI=1S/C18H15N5.C17H13N5.CH3I.CH2O3.2Cs.H/c1-23-11-14(13-7-8-20-10-17(13)23)16-9-15(21-18(19)22-16)12-5-3-2-4-6-12;18-17-21-14(11-4-2-1-3-5-11)8-15(22-17)13-9-20-16-10-19-7-6-12(13)16;1-2;2-1-4-3;;;/h2-11H,1H3,(H2,19,21,22);1-10,20H,(H2,18,21,22);1H3;1,3H;;;/q;;;;2*+1;-1/p-1. The summed E-state index contributed by atoms with van der Waals surface area (Å²) < 4.78 is 2.04. The predicted octanol–water partition coefficient (Wildman–Crippen LogP) is 0.155. The van der Waals surface area contributed by atoms with E-state index < -0.39 is 0 Å². The molecule has 6 aromatic heterocycles. The molecule has 0 radical (unpaired) electrons. The number of nitrogens with two attached hydrogens (primary N) is 2. The van der Waals surface area contributed by atoms with Crippen LogP contribution in [0.5, 0.6) is 0 Å². The van der Waals surface area contributed by atoms with Crippen LogP contribution in [0.2, 0.25) is 0 Å². The van der Waals surface area contributed by atoms with E-state index in [1.54, 1.807) is 18.6 Å². The van der Waals surface area contributed by atoms with Gasteiger partial charge in [0.15, 0.2) is 0 Å². The van der Waals surface area contributed by atoms with Crippen LogP contribution in [0.4, 0.5) is 11.9 Å². The van der Waals surface area contributed by atoms with Gasteiger partial charge in [-0.1, -0.05) is 83.3 Å². The largest absolute Gasteiger partial charge is 1.00 e. The van der Waals surface area contributed by atoms with E-state index in [2.05, 4.69) is 62.4 Å². The van der Waals surface area contributed by atoms with E-state index in [-0.39, 0.29) is 158 Å². The maximum absolute atomic E-state index is 8.64. The molecule has 0 unspecified atom stereocenters. The predicted molar refractivity (Wildman–Crippen MR) is 207 cm³/mol. The van der Waals surface area contributed by atoms with Crippen LogP contribution in [0.3, 0.4) is 0 Å². The van der Waals surface area contributed by atoms with Crippen molar-refractivity contribution in [3.8, 4) is 45.0 Å². The molecule has 0 aliphatic heterocycles. The van der Waals surface area contributed by atoms with Gasteiger partial charge in [0.05, 0.1) is 46.2 Å². The Labute approximate surface area is 438 Å². The maximum atomic E-state index is 8.64. The molecule has 0 atom stereocenters. The number of aromatic amines is 1.